The van der Waals surface area contributed by atoms with Gasteiger partial charge in [0.25, 0.3) is 0 Å². The molecule has 0 fully saturated rings. The number of aromatic nitrogens is 2. The first-order valence-corrected chi connectivity index (χ1v) is 6.80. The van der Waals surface area contributed by atoms with Crippen LogP contribution in [0.25, 0.3) is 11.0 Å². The number of rotatable bonds is 2. The number of nitrogens with zero attached hydrogens (tertiary/aromatic N) is 2. The zero-order valence-corrected chi connectivity index (χ0v) is 12.1. The van der Waals surface area contributed by atoms with Crippen LogP contribution in [0.15, 0.2) is 48.8 Å². The highest BCUT2D eigenvalue weighted by Crippen LogP contribution is 2.14. The molecular weight excluding hydrogens is 287 g/mol. The maximum Gasteiger partial charge on any atom is 0.190 e. The molecule has 6 heteroatoms. The molecule has 0 aliphatic heterocycles. The van der Waals surface area contributed by atoms with Gasteiger partial charge in [0.15, 0.2) is 5.11 Å². The molecule has 0 saturated heterocycles. The second-order valence-corrected chi connectivity index (χ2v) is 5.04. The van der Waals surface area contributed by atoms with E-state index in [0.29, 0.717) is 16.4 Å². The molecule has 0 aliphatic carbocycles. The van der Waals surface area contributed by atoms with Crippen LogP contribution in [-0.2, 0) is 0 Å². The zero-order valence-electron chi connectivity index (χ0n) is 11.3. The highest BCUT2D eigenvalue weighted by atomic mass is 32.1. The molecule has 0 saturated carbocycles. The largest absolute Gasteiger partial charge is 0.331 e. The van der Waals surface area contributed by atoms with Gasteiger partial charge in [0.2, 0.25) is 0 Å². The Kier molecular flexibility index (Phi) is 3.53. The van der Waals surface area contributed by atoms with E-state index < -0.39 is 0 Å². The molecule has 3 rings (SSSR count). The van der Waals surface area contributed by atoms with E-state index in [1.54, 1.807) is 30.1 Å². The Labute approximate surface area is 126 Å². The van der Waals surface area contributed by atoms with E-state index in [1.165, 1.54) is 6.07 Å². The molecule has 0 atom stereocenters. The van der Waals surface area contributed by atoms with Gasteiger partial charge >= 0.3 is 0 Å². The number of fused-ring (bicyclic) bond motifs is 1. The number of aryl methyl sites for hydroxylation is 1. The molecular formula is C15H13FN4S. The lowest BCUT2D eigenvalue weighted by Gasteiger charge is -2.12. The number of imidazole rings is 1. The van der Waals surface area contributed by atoms with Crippen molar-refractivity contribution in [2.24, 2.45) is 0 Å². The smallest absolute Gasteiger partial charge is 0.190 e. The van der Waals surface area contributed by atoms with Gasteiger partial charge in [-0.2, -0.15) is 0 Å². The molecule has 106 valence electrons. The van der Waals surface area contributed by atoms with E-state index in [2.05, 4.69) is 15.7 Å². The summed E-state index contributed by atoms with van der Waals surface area (Å²) in [4.78, 5) is 4.26. The van der Waals surface area contributed by atoms with Crippen molar-refractivity contribution in [3.05, 3.63) is 60.2 Å². The lowest BCUT2D eigenvalue weighted by atomic mass is 10.2. The number of thiocarbonyl (C=S) groups is 1. The van der Waals surface area contributed by atoms with Crippen LogP contribution in [0.1, 0.15) is 5.56 Å². The standard InChI is InChI=1S/C15H13FN4S/c1-10-6-7-11(8-12(10)16)18-15(21)19-20-9-17-13-4-2-3-5-14(13)20/h2-9H,1H3,(H2,18,19,21). The number of hydrogen-bond acceptors (Lipinski definition) is 2. The first-order chi connectivity index (χ1) is 10.1. The van der Waals surface area contributed by atoms with Crippen molar-refractivity contribution < 1.29 is 4.39 Å². The van der Waals surface area contributed by atoms with Crippen molar-refractivity contribution in [3.63, 3.8) is 0 Å². The van der Waals surface area contributed by atoms with Crippen LogP contribution in [0.4, 0.5) is 10.1 Å². The SMILES string of the molecule is Cc1ccc(NC(=S)Nn2cnc3ccccc32)cc1F. The molecule has 0 unspecified atom stereocenters. The molecule has 2 aromatic carbocycles. The number of anilines is 1. The molecule has 0 aliphatic rings. The summed E-state index contributed by atoms with van der Waals surface area (Å²) in [6.07, 6.45) is 1.65. The molecule has 21 heavy (non-hydrogen) atoms. The minimum atomic E-state index is -0.268. The van der Waals surface area contributed by atoms with Crippen molar-refractivity contribution in [2.45, 2.75) is 6.92 Å². The van der Waals surface area contributed by atoms with E-state index in [9.17, 15) is 4.39 Å². The molecule has 4 nitrogen and oxygen atoms in total. The van der Waals surface area contributed by atoms with Gasteiger partial charge in [0, 0.05) is 5.69 Å². The average Bonchev–Trinajstić information content (AvgIpc) is 2.86. The minimum Gasteiger partial charge on any atom is -0.331 e. The van der Waals surface area contributed by atoms with Crippen LogP contribution in [0.3, 0.4) is 0 Å². The third kappa shape index (κ3) is 2.85. The number of halogens is 1. The molecule has 3 aromatic rings. The second kappa shape index (κ2) is 5.49. The molecule has 0 spiro atoms. The average molecular weight is 300 g/mol. The molecule has 0 amide bonds. The Bertz CT molecular complexity index is 812. The number of hydrogen-bond donors (Lipinski definition) is 2. The van der Waals surface area contributed by atoms with Crippen molar-refractivity contribution >= 4 is 34.1 Å². The van der Waals surface area contributed by atoms with E-state index in [4.69, 9.17) is 12.2 Å². The Morgan fingerprint density at radius 2 is 2.05 bits per heavy atom. The van der Waals surface area contributed by atoms with E-state index in [1.807, 2.05) is 24.3 Å². The Hall–Kier alpha value is -2.47. The summed E-state index contributed by atoms with van der Waals surface area (Å²) >= 11 is 5.23. The molecule has 0 radical (unpaired) electrons. The fourth-order valence-electron chi connectivity index (χ4n) is 1.99. The van der Waals surface area contributed by atoms with E-state index >= 15 is 0 Å². The first-order valence-electron chi connectivity index (χ1n) is 6.40. The highest BCUT2D eigenvalue weighted by molar-refractivity contribution is 7.80. The normalized spacial score (nSPS) is 10.6. The number of para-hydroxylation sites is 2. The van der Waals surface area contributed by atoms with Crippen LogP contribution >= 0.6 is 12.2 Å². The van der Waals surface area contributed by atoms with E-state index in [0.717, 1.165) is 11.0 Å². The third-order valence-corrected chi connectivity index (χ3v) is 3.30. The summed E-state index contributed by atoms with van der Waals surface area (Å²) in [7, 11) is 0. The van der Waals surface area contributed by atoms with Gasteiger partial charge in [-0.05, 0) is 49.0 Å². The summed E-state index contributed by atoms with van der Waals surface area (Å²) in [5.41, 5.74) is 5.98. The lowest BCUT2D eigenvalue weighted by Crippen LogP contribution is -2.26. The topological polar surface area (TPSA) is 41.9 Å². The Morgan fingerprint density at radius 1 is 1.24 bits per heavy atom. The quantitative estimate of drug-likeness (QED) is 0.712. The summed E-state index contributed by atoms with van der Waals surface area (Å²) in [6, 6.07) is 12.6. The van der Waals surface area contributed by atoms with Gasteiger partial charge in [-0.25, -0.2) is 14.1 Å². The maximum absolute atomic E-state index is 13.5. The van der Waals surface area contributed by atoms with Crippen LogP contribution in [0, 0.1) is 12.7 Å². The van der Waals surface area contributed by atoms with Gasteiger partial charge in [-0.3, -0.25) is 5.43 Å². The van der Waals surface area contributed by atoms with Gasteiger partial charge in [0.1, 0.15) is 12.1 Å². The minimum absolute atomic E-state index is 0.268. The summed E-state index contributed by atoms with van der Waals surface area (Å²) in [6.45, 7) is 1.72. The number of benzene rings is 2. The first kappa shape index (κ1) is 13.5. The van der Waals surface area contributed by atoms with Gasteiger partial charge < -0.3 is 5.32 Å². The van der Waals surface area contributed by atoms with Crippen molar-refractivity contribution in [1.29, 1.82) is 0 Å². The fraction of sp³-hybridized carbons (Fsp3) is 0.0667. The monoisotopic (exact) mass is 300 g/mol. The van der Waals surface area contributed by atoms with Gasteiger partial charge in [0.05, 0.1) is 11.0 Å². The predicted molar refractivity (Wildman–Crippen MR) is 86.5 cm³/mol. The van der Waals surface area contributed by atoms with Crippen molar-refractivity contribution in [1.82, 2.24) is 9.66 Å². The highest BCUT2D eigenvalue weighted by Gasteiger charge is 2.04. The van der Waals surface area contributed by atoms with Gasteiger partial charge in [-0.1, -0.05) is 18.2 Å². The van der Waals surface area contributed by atoms with Crippen LogP contribution in [-0.4, -0.2) is 14.8 Å². The van der Waals surface area contributed by atoms with E-state index in [-0.39, 0.29) is 5.82 Å². The fourth-order valence-corrected chi connectivity index (χ4v) is 2.20. The van der Waals surface area contributed by atoms with Crippen LogP contribution in [0.5, 0.6) is 0 Å². The molecule has 2 N–H and O–H groups in total. The Morgan fingerprint density at radius 3 is 2.86 bits per heavy atom. The van der Waals surface area contributed by atoms with Crippen molar-refractivity contribution in [2.75, 3.05) is 10.7 Å². The summed E-state index contributed by atoms with van der Waals surface area (Å²) in [5.74, 6) is -0.268. The molecule has 0 bridgehead atoms. The third-order valence-electron chi connectivity index (χ3n) is 3.11. The van der Waals surface area contributed by atoms with Crippen molar-refractivity contribution in [3.8, 4) is 0 Å². The zero-order chi connectivity index (χ0) is 14.8. The Balaban J connectivity index is 1.75. The number of nitrogens with one attached hydrogen (secondary N) is 2. The lowest BCUT2D eigenvalue weighted by molar-refractivity contribution is 0.619. The summed E-state index contributed by atoms with van der Waals surface area (Å²) < 4.78 is 15.2. The summed E-state index contributed by atoms with van der Waals surface area (Å²) in [5, 5.41) is 3.31. The maximum atomic E-state index is 13.5. The molecule has 1 heterocycles. The van der Waals surface area contributed by atoms with Crippen LogP contribution in [0.2, 0.25) is 0 Å². The molecule has 1 aromatic heterocycles. The second-order valence-electron chi connectivity index (χ2n) is 4.63. The predicted octanol–water partition coefficient (Wildman–Crippen LogP) is 3.42. The van der Waals surface area contributed by atoms with Gasteiger partial charge in [-0.15, -0.1) is 0 Å². The van der Waals surface area contributed by atoms with Crippen LogP contribution < -0.4 is 10.7 Å².